The maximum Gasteiger partial charge on any atom is 0.306 e. The Morgan fingerprint density at radius 2 is 1.93 bits per heavy atom. The number of hydrogen-bond acceptors (Lipinski definition) is 4. The van der Waals surface area contributed by atoms with Gasteiger partial charge < -0.3 is 15.3 Å². The average molecular weight is 374 g/mol. The monoisotopic (exact) mass is 374 g/mol. The van der Waals surface area contributed by atoms with Crippen molar-refractivity contribution in [2.24, 2.45) is 40.4 Å². The van der Waals surface area contributed by atoms with Crippen molar-refractivity contribution in [2.75, 3.05) is 0 Å². The number of hydrogen-bond donors (Lipinski definition) is 3. The first-order chi connectivity index (χ1) is 12.6. The normalized spacial score (nSPS) is 49.7. The van der Waals surface area contributed by atoms with Gasteiger partial charge in [0, 0.05) is 10.8 Å². The van der Waals surface area contributed by atoms with E-state index in [0.717, 1.165) is 18.4 Å². The Morgan fingerprint density at radius 1 is 1.22 bits per heavy atom. The Hall–Kier alpha value is -1.46. The molecule has 0 saturated heterocycles. The second-order valence-corrected chi connectivity index (χ2v) is 9.68. The summed E-state index contributed by atoms with van der Waals surface area (Å²) in [5.41, 5.74) is 0.149. The van der Waals surface area contributed by atoms with E-state index in [4.69, 9.17) is 0 Å². The van der Waals surface area contributed by atoms with Gasteiger partial charge >= 0.3 is 5.97 Å². The molecule has 0 spiro atoms. The zero-order valence-corrected chi connectivity index (χ0v) is 16.3. The number of fused-ring (bicyclic) bond motifs is 5. The molecule has 0 bridgehead atoms. The lowest BCUT2D eigenvalue weighted by molar-refractivity contribution is -0.167. The number of aliphatic hydroxyl groups excluding tert-OH is 2. The molecule has 9 atom stereocenters. The van der Waals surface area contributed by atoms with Gasteiger partial charge in [0.15, 0.2) is 5.78 Å². The first kappa shape index (κ1) is 18.9. The molecule has 3 fully saturated rings. The van der Waals surface area contributed by atoms with E-state index < -0.39 is 29.5 Å². The number of ketones is 1. The van der Waals surface area contributed by atoms with Crippen LogP contribution in [0, 0.1) is 40.4 Å². The molecule has 148 valence electrons. The molecule has 5 nitrogen and oxygen atoms in total. The van der Waals surface area contributed by atoms with E-state index in [9.17, 15) is 24.9 Å². The third-order valence-corrected chi connectivity index (χ3v) is 8.75. The molecular formula is C22H30O5. The standard InChI is InChI=1S/C22H30O5/c1-11(20(26)27)14-4-5-15-19-16(10-18(25)22(14,15)3)21(2)7-6-13(23)8-12(21)9-17(19)24/h6-8,11,14-19,24-25H,4-5,9-10H2,1-3H3,(H,26,27)/t11?,14-,15+,16+,17-,18+,19?,21+,22-/m1/s1. The largest absolute Gasteiger partial charge is 0.481 e. The Labute approximate surface area is 160 Å². The lowest BCUT2D eigenvalue weighted by Crippen LogP contribution is -2.60. The van der Waals surface area contributed by atoms with Gasteiger partial charge in [-0.1, -0.05) is 32.4 Å². The highest BCUT2D eigenvalue weighted by atomic mass is 16.4. The van der Waals surface area contributed by atoms with Crippen molar-refractivity contribution in [3.8, 4) is 0 Å². The van der Waals surface area contributed by atoms with Crippen LogP contribution in [0.1, 0.15) is 46.5 Å². The van der Waals surface area contributed by atoms with Crippen LogP contribution in [0.15, 0.2) is 23.8 Å². The maximum atomic E-state index is 11.9. The second-order valence-electron chi connectivity index (χ2n) is 9.68. The number of aliphatic hydroxyl groups is 2. The topological polar surface area (TPSA) is 94.8 Å². The van der Waals surface area contributed by atoms with Crippen LogP contribution in [0.5, 0.6) is 0 Å². The molecule has 4 aliphatic rings. The van der Waals surface area contributed by atoms with Crippen molar-refractivity contribution >= 4 is 11.8 Å². The predicted molar refractivity (Wildman–Crippen MR) is 99.7 cm³/mol. The summed E-state index contributed by atoms with van der Waals surface area (Å²) in [6.45, 7) is 5.90. The lowest BCUT2D eigenvalue weighted by Gasteiger charge is -2.60. The van der Waals surface area contributed by atoms with Crippen LogP contribution in [0.4, 0.5) is 0 Å². The number of carboxylic acid groups (broad SMARTS) is 1. The maximum absolute atomic E-state index is 11.9. The molecule has 4 aliphatic carbocycles. The fourth-order valence-corrected chi connectivity index (χ4v) is 7.17. The van der Waals surface area contributed by atoms with Gasteiger partial charge in [0.1, 0.15) is 0 Å². The van der Waals surface area contributed by atoms with Crippen LogP contribution in [0.2, 0.25) is 0 Å². The minimum Gasteiger partial charge on any atom is -0.481 e. The smallest absolute Gasteiger partial charge is 0.306 e. The highest BCUT2D eigenvalue weighted by molar-refractivity contribution is 6.01. The third kappa shape index (κ3) is 2.44. The zero-order valence-electron chi connectivity index (χ0n) is 16.3. The van der Waals surface area contributed by atoms with Crippen LogP contribution in [0.3, 0.4) is 0 Å². The first-order valence-electron chi connectivity index (χ1n) is 10.1. The average Bonchev–Trinajstić information content (AvgIpc) is 2.95. The molecule has 3 saturated carbocycles. The molecule has 5 heteroatoms. The zero-order chi connectivity index (χ0) is 19.7. The van der Waals surface area contributed by atoms with Gasteiger partial charge in [-0.2, -0.15) is 0 Å². The highest BCUT2D eigenvalue weighted by Crippen LogP contribution is 2.66. The minimum absolute atomic E-state index is 0.0180. The van der Waals surface area contributed by atoms with Gasteiger partial charge in [-0.3, -0.25) is 9.59 Å². The Kier molecular flexibility index (Phi) is 4.21. The minimum atomic E-state index is -0.814. The second kappa shape index (κ2) is 6.02. The number of allylic oxidation sites excluding steroid dienone is 3. The fourth-order valence-electron chi connectivity index (χ4n) is 7.17. The summed E-state index contributed by atoms with van der Waals surface area (Å²) in [4.78, 5) is 23.5. The summed E-state index contributed by atoms with van der Waals surface area (Å²) in [7, 11) is 0. The number of carboxylic acids is 1. The van der Waals surface area contributed by atoms with Crippen LogP contribution in [-0.2, 0) is 9.59 Å². The van der Waals surface area contributed by atoms with Gasteiger partial charge in [0.2, 0.25) is 0 Å². The molecule has 0 aromatic heterocycles. The van der Waals surface area contributed by atoms with Gasteiger partial charge in [0.25, 0.3) is 0 Å². The van der Waals surface area contributed by atoms with Crippen molar-refractivity contribution < 1.29 is 24.9 Å². The molecule has 3 N–H and O–H groups in total. The summed E-state index contributed by atoms with van der Waals surface area (Å²) in [6.07, 6.45) is 6.71. The third-order valence-electron chi connectivity index (χ3n) is 8.75. The molecular weight excluding hydrogens is 344 g/mol. The lowest BCUT2D eigenvalue weighted by atomic mass is 9.46. The van der Waals surface area contributed by atoms with E-state index >= 15 is 0 Å². The van der Waals surface area contributed by atoms with E-state index in [2.05, 4.69) is 6.92 Å². The van der Waals surface area contributed by atoms with Crippen LogP contribution < -0.4 is 0 Å². The van der Waals surface area contributed by atoms with E-state index in [1.165, 1.54) is 0 Å². The number of rotatable bonds is 2. The summed E-state index contributed by atoms with van der Waals surface area (Å²) in [5.74, 6) is -1.27. The van der Waals surface area contributed by atoms with Gasteiger partial charge in [0.05, 0.1) is 18.1 Å². The van der Waals surface area contributed by atoms with Crippen LogP contribution in [-0.4, -0.2) is 39.3 Å². The quantitative estimate of drug-likeness (QED) is 0.690. The summed E-state index contributed by atoms with van der Waals surface area (Å²) < 4.78 is 0. The number of carbonyl (C=O) groups excluding carboxylic acids is 1. The van der Waals surface area contributed by atoms with Crippen molar-refractivity contribution in [1.82, 2.24) is 0 Å². The predicted octanol–water partition coefficient (Wildman–Crippen LogP) is 2.57. The van der Waals surface area contributed by atoms with Crippen molar-refractivity contribution in [2.45, 2.75) is 58.7 Å². The van der Waals surface area contributed by atoms with E-state index in [1.807, 2.05) is 13.0 Å². The van der Waals surface area contributed by atoms with Crippen LogP contribution in [0.25, 0.3) is 0 Å². The van der Waals surface area contributed by atoms with Gasteiger partial charge in [-0.05, 0) is 61.5 Å². The SMILES string of the molecule is CC(C(=O)O)[C@H]1CC[C@H]2C3[C@H](O)CC4=CC(=O)C=C[C@]4(C)[C@H]3C[C@H](O)[C@]12C. The number of carbonyl (C=O) groups is 2. The first-order valence-corrected chi connectivity index (χ1v) is 10.1. The van der Waals surface area contributed by atoms with Crippen molar-refractivity contribution in [3.05, 3.63) is 23.8 Å². The van der Waals surface area contributed by atoms with Gasteiger partial charge in [-0.25, -0.2) is 0 Å². The van der Waals surface area contributed by atoms with E-state index in [0.29, 0.717) is 12.8 Å². The van der Waals surface area contributed by atoms with E-state index in [-0.39, 0.29) is 34.9 Å². The van der Waals surface area contributed by atoms with E-state index in [1.54, 1.807) is 19.1 Å². The molecule has 0 heterocycles. The molecule has 2 unspecified atom stereocenters. The summed E-state index contributed by atoms with van der Waals surface area (Å²) >= 11 is 0. The molecule has 0 radical (unpaired) electrons. The molecule has 0 aromatic carbocycles. The Balaban J connectivity index is 1.74. The van der Waals surface area contributed by atoms with Gasteiger partial charge in [-0.15, -0.1) is 0 Å². The molecule has 0 aliphatic heterocycles. The molecule has 27 heavy (non-hydrogen) atoms. The number of aliphatic carboxylic acids is 1. The fraction of sp³-hybridized carbons (Fsp3) is 0.727. The Morgan fingerprint density at radius 3 is 2.59 bits per heavy atom. The van der Waals surface area contributed by atoms with Crippen molar-refractivity contribution in [3.63, 3.8) is 0 Å². The summed E-state index contributed by atoms with van der Waals surface area (Å²) in [5, 5.41) is 31.8. The van der Waals surface area contributed by atoms with Crippen molar-refractivity contribution in [1.29, 1.82) is 0 Å². The Bertz CT molecular complexity index is 739. The molecule has 0 aromatic rings. The van der Waals surface area contributed by atoms with Crippen LogP contribution >= 0.6 is 0 Å². The molecule has 0 amide bonds. The summed E-state index contributed by atoms with van der Waals surface area (Å²) in [6, 6.07) is 0. The molecule has 4 rings (SSSR count). The highest BCUT2D eigenvalue weighted by Gasteiger charge is 2.65.